The van der Waals surface area contributed by atoms with Crippen molar-refractivity contribution in [3.8, 4) is 17.9 Å². The topological polar surface area (TPSA) is 83.1 Å². The van der Waals surface area contributed by atoms with E-state index >= 15 is 0 Å². The molecule has 0 aliphatic heterocycles. The maximum atomic E-state index is 11.9. The third-order valence-electron chi connectivity index (χ3n) is 3.07. The van der Waals surface area contributed by atoms with Crippen LogP contribution in [-0.2, 0) is 16.1 Å². The highest BCUT2D eigenvalue weighted by atomic mass is 16.6. The van der Waals surface area contributed by atoms with E-state index in [1.54, 1.807) is 55.5 Å². The monoisotopic (exact) mass is 306 g/mol. The van der Waals surface area contributed by atoms with E-state index in [1.807, 2.05) is 12.1 Å². The van der Waals surface area contributed by atoms with Crippen LogP contribution in [0.2, 0.25) is 0 Å². The van der Waals surface area contributed by atoms with Gasteiger partial charge >= 0.3 is 5.97 Å². The van der Waals surface area contributed by atoms with E-state index in [4.69, 9.17) is 20.0 Å². The Kier molecular flexibility index (Phi) is 5.33. The van der Waals surface area contributed by atoms with Gasteiger partial charge in [0.1, 0.15) is 12.4 Å². The van der Waals surface area contributed by atoms with Crippen molar-refractivity contribution in [1.82, 2.24) is 0 Å². The molecule has 2 rings (SSSR count). The molecule has 5 heteroatoms. The third kappa shape index (κ3) is 4.59. The van der Waals surface area contributed by atoms with Gasteiger partial charge in [0.2, 0.25) is 0 Å². The molecular formula is C18H14N2O3. The van der Waals surface area contributed by atoms with Crippen molar-refractivity contribution in [2.24, 2.45) is 0 Å². The van der Waals surface area contributed by atoms with Crippen molar-refractivity contribution in [1.29, 1.82) is 10.5 Å². The standard InChI is InChI=1S/C18H14N2O3/c1-13(23-17-7-5-14(10-19)6-8-17)18(21)22-12-16-4-2-3-15(9-16)11-20/h2-9,13H,12H2,1H3/t13-/m1/s1. The molecule has 23 heavy (non-hydrogen) atoms. The number of benzene rings is 2. The lowest BCUT2D eigenvalue weighted by Gasteiger charge is -2.14. The van der Waals surface area contributed by atoms with Crippen molar-refractivity contribution < 1.29 is 14.3 Å². The van der Waals surface area contributed by atoms with Gasteiger partial charge in [-0.15, -0.1) is 0 Å². The van der Waals surface area contributed by atoms with Gasteiger partial charge in [0.25, 0.3) is 0 Å². The normalized spacial score (nSPS) is 10.9. The number of carbonyl (C=O) groups excluding carboxylic acids is 1. The number of rotatable bonds is 5. The molecule has 0 fully saturated rings. The Bertz CT molecular complexity index is 770. The minimum Gasteiger partial charge on any atom is -0.479 e. The lowest BCUT2D eigenvalue weighted by molar-refractivity contribution is -0.152. The molecule has 0 aromatic heterocycles. The summed E-state index contributed by atoms with van der Waals surface area (Å²) in [5.74, 6) is -0.0170. The number of hydrogen-bond donors (Lipinski definition) is 0. The highest BCUT2D eigenvalue weighted by molar-refractivity contribution is 5.74. The Balaban J connectivity index is 1.89. The van der Waals surface area contributed by atoms with Gasteiger partial charge in [0, 0.05) is 0 Å². The Labute approximate surface area is 134 Å². The fourth-order valence-corrected chi connectivity index (χ4v) is 1.86. The molecular weight excluding hydrogens is 292 g/mol. The predicted octanol–water partition coefficient (Wildman–Crippen LogP) is 2.94. The molecule has 2 aromatic carbocycles. The summed E-state index contributed by atoms with van der Waals surface area (Å²) in [5.41, 5.74) is 1.77. The molecule has 0 bridgehead atoms. The first kappa shape index (κ1) is 16.1. The van der Waals surface area contributed by atoms with Crippen LogP contribution in [0.4, 0.5) is 0 Å². The first-order chi connectivity index (χ1) is 11.1. The molecule has 5 nitrogen and oxygen atoms in total. The molecule has 0 aliphatic carbocycles. The van der Waals surface area contributed by atoms with Crippen LogP contribution >= 0.6 is 0 Å². The maximum absolute atomic E-state index is 11.9. The SMILES string of the molecule is C[C@@H](Oc1ccc(C#N)cc1)C(=O)OCc1cccc(C#N)c1. The maximum Gasteiger partial charge on any atom is 0.347 e. The minimum atomic E-state index is -0.776. The van der Waals surface area contributed by atoms with E-state index in [1.165, 1.54) is 0 Å². The van der Waals surface area contributed by atoms with Crippen molar-refractivity contribution in [3.63, 3.8) is 0 Å². The van der Waals surface area contributed by atoms with Crippen molar-refractivity contribution in [2.45, 2.75) is 19.6 Å². The summed E-state index contributed by atoms with van der Waals surface area (Å²) in [7, 11) is 0. The number of esters is 1. The summed E-state index contributed by atoms with van der Waals surface area (Å²) in [6, 6.07) is 17.4. The summed E-state index contributed by atoms with van der Waals surface area (Å²) in [5, 5.41) is 17.6. The van der Waals surface area contributed by atoms with E-state index in [2.05, 4.69) is 0 Å². The van der Waals surface area contributed by atoms with Crippen molar-refractivity contribution in [3.05, 3.63) is 65.2 Å². The minimum absolute atomic E-state index is 0.0788. The van der Waals surface area contributed by atoms with Gasteiger partial charge in [0.05, 0.1) is 23.3 Å². The number of ether oxygens (including phenoxy) is 2. The van der Waals surface area contributed by atoms with Crippen molar-refractivity contribution in [2.75, 3.05) is 0 Å². The van der Waals surface area contributed by atoms with E-state index in [9.17, 15) is 4.79 Å². The fraction of sp³-hybridized carbons (Fsp3) is 0.167. The summed E-state index contributed by atoms with van der Waals surface area (Å²) < 4.78 is 10.7. The number of nitriles is 2. The first-order valence-electron chi connectivity index (χ1n) is 6.95. The molecule has 0 spiro atoms. The molecule has 0 saturated heterocycles. The van der Waals surface area contributed by atoms with Gasteiger partial charge in [0.15, 0.2) is 6.10 Å². The van der Waals surface area contributed by atoms with E-state index in [0.717, 1.165) is 5.56 Å². The third-order valence-corrected chi connectivity index (χ3v) is 3.07. The van der Waals surface area contributed by atoms with Gasteiger partial charge in [-0.25, -0.2) is 4.79 Å². The van der Waals surface area contributed by atoms with Crippen LogP contribution in [0, 0.1) is 22.7 Å². The van der Waals surface area contributed by atoms with E-state index in [0.29, 0.717) is 16.9 Å². The van der Waals surface area contributed by atoms with Crippen LogP contribution in [0.1, 0.15) is 23.6 Å². The average molecular weight is 306 g/mol. The Morgan fingerprint density at radius 3 is 2.43 bits per heavy atom. The second-order valence-electron chi connectivity index (χ2n) is 4.82. The number of carbonyl (C=O) groups is 1. The van der Waals surface area contributed by atoms with Gasteiger partial charge < -0.3 is 9.47 Å². The molecule has 114 valence electrons. The van der Waals surface area contributed by atoms with Gasteiger partial charge in [-0.2, -0.15) is 10.5 Å². The highest BCUT2D eigenvalue weighted by Gasteiger charge is 2.16. The number of hydrogen-bond acceptors (Lipinski definition) is 5. The van der Waals surface area contributed by atoms with E-state index < -0.39 is 12.1 Å². The van der Waals surface area contributed by atoms with Crippen LogP contribution in [-0.4, -0.2) is 12.1 Å². The summed E-state index contributed by atoms with van der Waals surface area (Å²) in [4.78, 5) is 11.9. The molecule has 0 saturated carbocycles. The lowest BCUT2D eigenvalue weighted by Crippen LogP contribution is -2.26. The molecule has 0 amide bonds. The van der Waals surface area contributed by atoms with Gasteiger partial charge in [-0.3, -0.25) is 0 Å². The molecule has 0 N–H and O–H groups in total. The van der Waals surface area contributed by atoms with Crippen molar-refractivity contribution >= 4 is 5.97 Å². The summed E-state index contributed by atoms with van der Waals surface area (Å²) in [6.45, 7) is 1.67. The molecule has 0 aliphatic rings. The molecule has 2 aromatic rings. The Morgan fingerprint density at radius 2 is 1.78 bits per heavy atom. The summed E-state index contributed by atoms with van der Waals surface area (Å²) >= 11 is 0. The molecule has 0 heterocycles. The zero-order valence-corrected chi connectivity index (χ0v) is 12.5. The first-order valence-corrected chi connectivity index (χ1v) is 6.95. The van der Waals surface area contributed by atoms with Crippen LogP contribution < -0.4 is 4.74 Å². The Morgan fingerprint density at radius 1 is 1.09 bits per heavy atom. The van der Waals surface area contributed by atoms with Crippen LogP contribution in [0.25, 0.3) is 0 Å². The predicted molar refractivity (Wildman–Crippen MR) is 82.2 cm³/mol. The van der Waals surface area contributed by atoms with Crippen LogP contribution in [0.3, 0.4) is 0 Å². The zero-order chi connectivity index (χ0) is 16.7. The second kappa shape index (κ2) is 7.63. The number of nitrogens with zero attached hydrogens (tertiary/aromatic N) is 2. The van der Waals surface area contributed by atoms with E-state index in [-0.39, 0.29) is 6.61 Å². The molecule has 0 unspecified atom stereocenters. The van der Waals surface area contributed by atoms with Gasteiger partial charge in [-0.05, 0) is 48.9 Å². The quantitative estimate of drug-likeness (QED) is 0.793. The average Bonchev–Trinajstić information content (AvgIpc) is 2.60. The fourth-order valence-electron chi connectivity index (χ4n) is 1.86. The van der Waals surface area contributed by atoms with Crippen LogP contribution in [0.15, 0.2) is 48.5 Å². The smallest absolute Gasteiger partial charge is 0.347 e. The lowest BCUT2D eigenvalue weighted by atomic mass is 10.1. The molecule has 1 atom stereocenters. The second-order valence-corrected chi connectivity index (χ2v) is 4.82. The Hall–Kier alpha value is -3.31. The van der Waals surface area contributed by atoms with Gasteiger partial charge in [-0.1, -0.05) is 12.1 Å². The largest absolute Gasteiger partial charge is 0.479 e. The zero-order valence-electron chi connectivity index (χ0n) is 12.5. The van der Waals surface area contributed by atoms with Crippen LogP contribution in [0.5, 0.6) is 5.75 Å². The highest BCUT2D eigenvalue weighted by Crippen LogP contribution is 2.14. The summed E-state index contributed by atoms with van der Waals surface area (Å²) in [6.07, 6.45) is -0.776. The molecule has 0 radical (unpaired) electrons.